The summed E-state index contributed by atoms with van der Waals surface area (Å²) in [5.74, 6) is -0.308. The van der Waals surface area contributed by atoms with Gasteiger partial charge < -0.3 is 10.2 Å². The quantitative estimate of drug-likeness (QED) is 0.875. The van der Waals surface area contributed by atoms with Gasteiger partial charge in [0.1, 0.15) is 0 Å². The summed E-state index contributed by atoms with van der Waals surface area (Å²) in [5.41, 5.74) is 0.616. The van der Waals surface area contributed by atoms with Crippen LogP contribution in [0.1, 0.15) is 20.3 Å². The number of hydrogen-bond acceptors (Lipinski definition) is 2. The van der Waals surface area contributed by atoms with Gasteiger partial charge in [0.2, 0.25) is 0 Å². The number of piperazine rings is 1. The summed E-state index contributed by atoms with van der Waals surface area (Å²) in [6.07, 6.45) is 1.05. The number of nitrogens with one attached hydrogen (secondary N) is 1. The second kappa shape index (κ2) is 5.23. The van der Waals surface area contributed by atoms with Crippen LogP contribution < -0.4 is 10.2 Å². The highest BCUT2D eigenvalue weighted by molar-refractivity contribution is 6.31. The molecule has 2 nitrogen and oxygen atoms in total. The monoisotopic (exact) mass is 256 g/mol. The van der Waals surface area contributed by atoms with Crippen molar-refractivity contribution in [3.8, 4) is 0 Å². The lowest BCUT2D eigenvalue weighted by molar-refractivity contribution is 0.394. The highest BCUT2D eigenvalue weighted by atomic mass is 35.5. The first kappa shape index (κ1) is 12.7. The van der Waals surface area contributed by atoms with E-state index < -0.39 is 0 Å². The zero-order valence-electron chi connectivity index (χ0n) is 10.2. The zero-order chi connectivity index (χ0) is 12.4. The first-order valence-electron chi connectivity index (χ1n) is 6.07. The van der Waals surface area contributed by atoms with Gasteiger partial charge in [-0.05, 0) is 25.5 Å². The molecule has 1 N–H and O–H groups in total. The Balaban J connectivity index is 2.27. The van der Waals surface area contributed by atoms with Crippen molar-refractivity contribution in [2.75, 3.05) is 18.0 Å². The second-order valence-corrected chi connectivity index (χ2v) is 4.99. The number of anilines is 1. The van der Waals surface area contributed by atoms with Crippen LogP contribution in [0.15, 0.2) is 18.2 Å². The lowest BCUT2D eigenvalue weighted by atomic mass is 10.1. The topological polar surface area (TPSA) is 15.3 Å². The first-order valence-corrected chi connectivity index (χ1v) is 6.45. The molecule has 0 spiro atoms. The molecule has 0 radical (unpaired) electrons. The minimum atomic E-state index is -0.308. The van der Waals surface area contributed by atoms with Crippen LogP contribution >= 0.6 is 11.6 Å². The molecule has 2 unspecified atom stereocenters. The molecule has 2 rings (SSSR count). The third-order valence-corrected chi connectivity index (χ3v) is 3.68. The Morgan fingerprint density at radius 1 is 1.53 bits per heavy atom. The van der Waals surface area contributed by atoms with Crippen LogP contribution in [0.25, 0.3) is 0 Å². The summed E-state index contributed by atoms with van der Waals surface area (Å²) in [6.45, 7) is 5.94. The van der Waals surface area contributed by atoms with Crippen LogP contribution in [0.2, 0.25) is 5.02 Å². The molecule has 1 aromatic rings. The van der Waals surface area contributed by atoms with Gasteiger partial charge in [0.25, 0.3) is 0 Å². The van der Waals surface area contributed by atoms with Gasteiger partial charge >= 0.3 is 0 Å². The van der Waals surface area contributed by atoms with E-state index in [-0.39, 0.29) is 16.9 Å². The van der Waals surface area contributed by atoms with Crippen molar-refractivity contribution >= 4 is 17.3 Å². The first-order chi connectivity index (χ1) is 8.13. The minimum absolute atomic E-state index is 0.196. The van der Waals surface area contributed by atoms with E-state index in [1.807, 2.05) is 0 Å². The Hall–Kier alpha value is -0.800. The Labute approximate surface area is 107 Å². The van der Waals surface area contributed by atoms with Crippen LogP contribution in [0.4, 0.5) is 10.1 Å². The molecule has 0 aliphatic carbocycles. The summed E-state index contributed by atoms with van der Waals surface area (Å²) in [7, 11) is 0. The summed E-state index contributed by atoms with van der Waals surface area (Å²) in [6, 6.07) is 5.90. The Morgan fingerprint density at radius 3 is 3.00 bits per heavy atom. The van der Waals surface area contributed by atoms with Gasteiger partial charge in [-0.1, -0.05) is 24.6 Å². The van der Waals surface area contributed by atoms with E-state index in [0.717, 1.165) is 19.5 Å². The van der Waals surface area contributed by atoms with E-state index in [9.17, 15) is 4.39 Å². The van der Waals surface area contributed by atoms with Crippen molar-refractivity contribution in [2.45, 2.75) is 32.4 Å². The van der Waals surface area contributed by atoms with Gasteiger partial charge in [0.05, 0.1) is 10.7 Å². The fraction of sp³-hybridized carbons (Fsp3) is 0.538. The molecule has 0 aromatic heterocycles. The molecule has 94 valence electrons. The molecule has 0 saturated carbocycles. The van der Waals surface area contributed by atoms with Crippen molar-refractivity contribution in [2.24, 2.45) is 0 Å². The third kappa shape index (κ3) is 2.55. The highest BCUT2D eigenvalue weighted by Crippen LogP contribution is 2.28. The van der Waals surface area contributed by atoms with E-state index in [4.69, 9.17) is 11.6 Å². The van der Waals surface area contributed by atoms with E-state index in [1.54, 1.807) is 18.2 Å². The summed E-state index contributed by atoms with van der Waals surface area (Å²) >= 11 is 5.83. The zero-order valence-corrected chi connectivity index (χ0v) is 11.0. The standard InChI is InChI=1S/C13H18ClFN2/c1-3-10-8-17(9(2)7-16-10)12-6-4-5-11(14)13(12)15/h4-6,9-10,16H,3,7-8H2,1-2H3. The smallest absolute Gasteiger partial charge is 0.165 e. The minimum Gasteiger partial charge on any atom is -0.364 e. The van der Waals surface area contributed by atoms with Crippen LogP contribution in [0.3, 0.4) is 0 Å². The lowest BCUT2D eigenvalue weighted by Gasteiger charge is -2.40. The SMILES string of the molecule is CCC1CN(c2cccc(Cl)c2F)C(C)CN1. The number of rotatable bonds is 2. The summed E-state index contributed by atoms with van der Waals surface area (Å²) in [5, 5.41) is 3.65. The fourth-order valence-electron chi connectivity index (χ4n) is 2.25. The molecule has 17 heavy (non-hydrogen) atoms. The highest BCUT2D eigenvalue weighted by Gasteiger charge is 2.26. The molecular formula is C13H18ClFN2. The maximum absolute atomic E-state index is 14.0. The van der Waals surface area contributed by atoms with Gasteiger partial charge in [-0.2, -0.15) is 0 Å². The molecule has 1 aromatic carbocycles. The molecule has 0 bridgehead atoms. The van der Waals surface area contributed by atoms with Crippen LogP contribution in [0.5, 0.6) is 0 Å². The maximum Gasteiger partial charge on any atom is 0.165 e. The molecule has 1 saturated heterocycles. The number of benzene rings is 1. The van der Waals surface area contributed by atoms with E-state index >= 15 is 0 Å². The molecule has 1 aliphatic rings. The molecule has 1 fully saturated rings. The molecule has 1 aliphatic heterocycles. The predicted octanol–water partition coefficient (Wildman–Crippen LogP) is 3.06. The third-order valence-electron chi connectivity index (χ3n) is 3.38. The Kier molecular flexibility index (Phi) is 3.89. The Bertz CT molecular complexity index is 397. The summed E-state index contributed by atoms with van der Waals surface area (Å²) < 4.78 is 14.0. The van der Waals surface area contributed by atoms with E-state index in [0.29, 0.717) is 11.7 Å². The average molecular weight is 257 g/mol. The van der Waals surface area contributed by atoms with Gasteiger partial charge in [-0.25, -0.2) is 4.39 Å². The Morgan fingerprint density at radius 2 is 2.29 bits per heavy atom. The van der Waals surface area contributed by atoms with Crippen molar-refractivity contribution in [1.82, 2.24) is 5.32 Å². The van der Waals surface area contributed by atoms with Crippen molar-refractivity contribution in [3.63, 3.8) is 0 Å². The predicted molar refractivity (Wildman–Crippen MR) is 70.3 cm³/mol. The van der Waals surface area contributed by atoms with Crippen molar-refractivity contribution < 1.29 is 4.39 Å². The maximum atomic E-state index is 14.0. The number of nitrogens with zero attached hydrogens (tertiary/aromatic N) is 1. The van der Waals surface area contributed by atoms with Gasteiger partial charge in [-0.15, -0.1) is 0 Å². The van der Waals surface area contributed by atoms with E-state index in [2.05, 4.69) is 24.1 Å². The molecule has 2 atom stereocenters. The van der Waals surface area contributed by atoms with Crippen molar-refractivity contribution in [1.29, 1.82) is 0 Å². The fourth-order valence-corrected chi connectivity index (χ4v) is 2.42. The second-order valence-electron chi connectivity index (χ2n) is 4.59. The molecule has 1 heterocycles. The number of halogens is 2. The van der Waals surface area contributed by atoms with Gasteiger partial charge in [0, 0.05) is 25.2 Å². The molecule has 0 amide bonds. The number of hydrogen-bond donors (Lipinski definition) is 1. The lowest BCUT2D eigenvalue weighted by Crippen LogP contribution is -2.55. The van der Waals surface area contributed by atoms with Crippen LogP contribution in [0, 0.1) is 5.82 Å². The average Bonchev–Trinajstić information content (AvgIpc) is 2.34. The van der Waals surface area contributed by atoms with Crippen molar-refractivity contribution in [3.05, 3.63) is 29.0 Å². The van der Waals surface area contributed by atoms with Crippen LogP contribution in [-0.2, 0) is 0 Å². The van der Waals surface area contributed by atoms with Gasteiger partial charge in [0.15, 0.2) is 5.82 Å². The molecule has 4 heteroatoms. The normalized spacial score (nSPS) is 25.1. The van der Waals surface area contributed by atoms with E-state index in [1.165, 1.54) is 0 Å². The van der Waals surface area contributed by atoms with Gasteiger partial charge in [-0.3, -0.25) is 0 Å². The molecular weight excluding hydrogens is 239 g/mol. The van der Waals surface area contributed by atoms with Crippen LogP contribution in [-0.4, -0.2) is 25.2 Å². The largest absolute Gasteiger partial charge is 0.364 e. The summed E-state index contributed by atoms with van der Waals surface area (Å²) in [4.78, 5) is 2.10.